The van der Waals surface area contributed by atoms with Crippen molar-refractivity contribution in [1.29, 1.82) is 0 Å². The minimum Gasteiger partial charge on any atom is -0.493 e. The highest BCUT2D eigenvalue weighted by molar-refractivity contribution is 9.10. The minimum absolute atomic E-state index is 0.0444. The van der Waals surface area contributed by atoms with Gasteiger partial charge < -0.3 is 10.1 Å². The summed E-state index contributed by atoms with van der Waals surface area (Å²) in [6, 6.07) is 4.41. The molecule has 1 atom stereocenters. The summed E-state index contributed by atoms with van der Waals surface area (Å²) in [6.07, 6.45) is 1.75. The third-order valence-corrected chi connectivity index (χ3v) is 4.77. The highest BCUT2D eigenvalue weighted by atomic mass is 79.9. The van der Waals surface area contributed by atoms with Crippen LogP contribution in [0.15, 0.2) is 22.8 Å². The zero-order valence-electron chi connectivity index (χ0n) is 12.5. The Kier molecular flexibility index (Phi) is 4.50. The first-order valence-electron chi connectivity index (χ1n) is 6.49. The maximum atomic E-state index is 5.42. The Balaban J connectivity index is 2.55. The molecule has 0 spiro atoms. The molecular formula is C15H20BrN3O. The van der Waals surface area contributed by atoms with E-state index >= 15 is 0 Å². The van der Waals surface area contributed by atoms with Crippen LogP contribution in [0.5, 0.6) is 5.75 Å². The smallest absolute Gasteiger partial charge is 0.161 e. The van der Waals surface area contributed by atoms with E-state index in [2.05, 4.69) is 52.3 Å². The summed E-state index contributed by atoms with van der Waals surface area (Å²) in [6.45, 7) is 4.21. The molecule has 2 aromatic rings. The van der Waals surface area contributed by atoms with Gasteiger partial charge in [-0.3, -0.25) is 4.68 Å². The number of rotatable bonds is 4. The Morgan fingerprint density at radius 1 is 1.30 bits per heavy atom. The molecule has 20 heavy (non-hydrogen) atoms. The lowest BCUT2D eigenvalue weighted by molar-refractivity contribution is 0.402. The summed E-state index contributed by atoms with van der Waals surface area (Å²) in [4.78, 5) is 0. The molecule has 1 unspecified atom stereocenters. The van der Waals surface area contributed by atoms with Crippen LogP contribution in [0.3, 0.4) is 0 Å². The normalized spacial score (nSPS) is 12.5. The Hall–Kier alpha value is -1.33. The molecule has 1 N–H and O–H groups in total. The van der Waals surface area contributed by atoms with Crippen LogP contribution < -0.4 is 10.1 Å². The van der Waals surface area contributed by atoms with E-state index in [1.165, 1.54) is 16.7 Å². The van der Waals surface area contributed by atoms with Gasteiger partial charge in [-0.2, -0.15) is 5.10 Å². The number of methoxy groups -OCH3 is 1. The van der Waals surface area contributed by atoms with Crippen molar-refractivity contribution < 1.29 is 4.74 Å². The number of nitrogens with one attached hydrogen (secondary N) is 1. The zero-order valence-corrected chi connectivity index (χ0v) is 14.1. The van der Waals surface area contributed by atoms with Gasteiger partial charge in [0.1, 0.15) is 5.69 Å². The Morgan fingerprint density at radius 2 is 1.90 bits per heavy atom. The van der Waals surface area contributed by atoms with Gasteiger partial charge >= 0.3 is 0 Å². The summed E-state index contributed by atoms with van der Waals surface area (Å²) in [5.74, 6) is 0.796. The van der Waals surface area contributed by atoms with E-state index in [-0.39, 0.29) is 6.04 Å². The second-order valence-corrected chi connectivity index (χ2v) is 5.71. The number of aromatic nitrogens is 2. The SMILES string of the molecule is CNC(c1cc(C)c(Br)c(C)c1)c1c(OC)cnn1C. The molecule has 0 aliphatic heterocycles. The number of benzene rings is 1. The first-order valence-corrected chi connectivity index (χ1v) is 7.28. The van der Waals surface area contributed by atoms with Crippen LogP contribution in [-0.4, -0.2) is 23.9 Å². The number of hydrogen-bond donors (Lipinski definition) is 1. The molecule has 0 amide bonds. The Labute approximate surface area is 128 Å². The Morgan fingerprint density at radius 3 is 2.40 bits per heavy atom. The van der Waals surface area contributed by atoms with E-state index in [0.29, 0.717) is 0 Å². The van der Waals surface area contributed by atoms with Crippen LogP contribution in [0.4, 0.5) is 0 Å². The molecule has 0 bridgehead atoms. The summed E-state index contributed by atoms with van der Waals surface area (Å²) in [7, 11) is 5.55. The fraction of sp³-hybridized carbons (Fsp3) is 0.400. The fourth-order valence-electron chi connectivity index (χ4n) is 2.52. The number of nitrogens with zero attached hydrogens (tertiary/aromatic N) is 2. The van der Waals surface area contributed by atoms with Gasteiger partial charge in [-0.15, -0.1) is 0 Å². The van der Waals surface area contributed by atoms with E-state index in [1.54, 1.807) is 13.3 Å². The lowest BCUT2D eigenvalue weighted by Crippen LogP contribution is -2.21. The van der Waals surface area contributed by atoms with Crippen LogP contribution in [0.25, 0.3) is 0 Å². The highest BCUT2D eigenvalue weighted by Crippen LogP contribution is 2.32. The monoisotopic (exact) mass is 337 g/mol. The van der Waals surface area contributed by atoms with Crippen LogP contribution in [0.1, 0.15) is 28.4 Å². The number of ether oxygens (including phenoxy) is 1. The van der Waals surface area contributed by atoms with Crippen LogP contribution in [-0.2, 0) is 7.05 Å². The predicted molar refractivity (Wildman–Crippen MR) is 84.3 cm³/mol. The van der Waals surface area contributed by atoms with Crippen molar-refractivity contribution in [3.63, 3.8) is 0 Å². The average molecular weight is 338 g/mol. The van der Waals surface area contributed by atoms with Gasteiger partial charge in [-0.1, -0.05) is 28.1 Å². The second kappa shape index (κ2) is 5.97. The quantitative estimate of drug-likeness (QED) is 0.931. The van der Waals surface area contributed by atoms with Crippen molar-refractivity contribution in [2.75, 3.05) is 14.2 Å². The molecule has 0 aliphatic carbocycles. The van der Waals surface area contributed by atoms with Crippen LogP contribution >= 0.6 is 15.9 Å². The molecule has 1 aromatic carbocycles. The predicted octanol–water partition coefficient (Wildman–Crippen LogP) is 3.12. The zero-order chi connectivity index (χ0) is 14.9. The van der Waals surface area contributed by atoms with Gasteiger partial charge in [0.25, 0.3) is 0 Å². The molecule has 5 heteroatoms. The van der Waals surface area contributed by atoms with Crippen molar-refractivity contribution in [3.8, 4) is 5.75 Å². The highest BCUT2D eigenvalue weighted by Gasteiger charge is 2.22. The summed E-state index contributed by atoms with van der Waals surface area (Å²) in [5.41, 5.74) is 4.67. The molecule has 1 heterocycles. The second-order valence-electron chi connectivity index (χ2n) is 4.91. The molecular weight excluding hydrogens is 318 g/mol. The van der Waals surface area contributed by atoms with E-state index in [4.69, 9.17) is 4.74 Å². The van der Waals surface area contributed by atoms with Crippen LogP contribution in [0, 0.1) is 13.8 Å². The standard InChI is InChI=1S/C15H20BrN3O/c1-9-6-11(7-10(2)13(9)16)14(17-3)15-12(20-5)8-18-19(15)4/h6-8,14,17H,1-5H3. The number of aryl methyl sites for hydroxylation is 3. The van der Waals surface area contributed by atoms with Gasteiger partial charge in [-0.25, -0.2) is 0 Å². The fourth-order valence-corrected chi connectivity index (χ4v) is 2.75. The largest absolute Gasteiger partial charge is 0.493 e. The van der Waals surface area contributed by atoms with Gasteiger partial charge in [0.2, 0.25) is 0 Å². The summed E-state index contributed by atoms with van der Waals surface area (Å²) >= 11 is 3.61. The molecule has 0 saturated heterocycles. The van der Waals surface area contributed by atoms with Crippen molar-refractivity contribution in [3.05, 3.63) is 45.2 Å². The molecule has 2 rings (SSSR count). The maximum absolute atomic E-state index is 5.42. The molecule has 1 aromatic heterocycles. The summed E-state index contributed by atoms with van der Waals surface area (Å²) < 4.78 is 8.44. The lowest BCUT2D eigenvalue weighted by atomic mass is 9.98. The third kappa shape index (κ3) is 2.60. The molecule has 0 fully saturated rings. The molecule has 0 saturated carbocycles. The van der Waals surface area contributed by atoms with Gasteiger partial charge in [-0.05, 0) is 37.6 Å². The minimum atomic E-state index is 0.0444. The molecule has 4 nitrogen and oxygen atoms in total. The van der Waals surface area contributed by atoms with Gasteiger partial charge in [0.15, 0.2) is 5.75 Å². The van der Waals surface area contributed by atoms with E-state index < -0.39 is 0 Å². The summed E-state index contributed by atoms with van der Waals surface area (Å²) in [5, 5.41) is 7.64. The molecule has 108 valence electrons. The van der Waals surface area contributed by atoms with Crippen molar-refractivity contribution in [2.24, 2.45) is 7.05 Å². The first kappa shape index (κ1) is 15.1. The number of halogens is 1. The van der Waals surface area contributed by atoms with Gasteiger partial charge in [0, 0.05) is 11.5 Å². The van der Waals surface area contributed by atoms with Crippen molar-refractivity contribution in [1.82, 2.24) is 15.1 Å². The van der Waals surface area contributed by atoms with Gasteiger partial charge in [0.05, 0.1) is 19.3 Å². The lowest BCUT2D eigenvalue weighted by Gasteiger charge is -2.20. The number of hydrogen-bond acceptors (Lipinski definition) is 3. The average Bonchev–Trinajstić information content (AvgIpc) is 2.78. The van der Waals surface area contributed by atoms with Crippen molar-refractivity contribution >= 4 is 15.9 Å². The molecule has 0 aliphatic rings. The topological polar surface area (TPSA) is 39.1 Å². The first-order chi connectivity index (χ1) is 9.49. The third-order valence-electron chi connectivity index (χ3n) is 3.52. The van der Waals surface area contributed by atoms with Crippen LogP contribution in [0.2, 0.25) is 0 Å². The van der Waals surface area contributed by atoms with Crippen molar-refractivity contribution in [2.45, 2.75) is 19.9 Å². The molecule has 0 radical (unpaired) electrons. The van der Waals surface area contributed by atoms with E-state index in [0.717, 1.165) is 15.9 Å². The Bertz CT molecular complexity index is 599. The van der Waals surface area contributed by atoms with E-state index in [9.17, 15) is 0 Å². The maximum Gasteiger partial charge on any atom is 0.161 e. The van der Waals surface area contributed by atoms with E-state index in [1.807, 2.05) is 18.8 Å².